The van der Waals surface area contributed by atoms with Gasteiger partial charge in [0.1, 0.15) is 0 Å². The number of benzene rings is 2. The molecule has 2 rings (SSSR count). The Morgan fingerprint density at radius 1 is 0.913 bits per heavy atom. The van der Waals surface area contributed by atoms with E-state index < -0.39 is 5.97 Å². The van der Waals surface area contributed by atoms with Crippen molar-refractivity contribution in [3.63, 3.8) is 0 Å². The van der Waals surface area contributed by atoms with Gasteiger partial charge in [0.25, 0.3) is 0 Å². The fourth-order valence-corrected chi connectivity index (χ4v) is 2.03. The highest BCUT2D eigenvalue weighted by Crippen LogP contribution is 2.25. The number of likely N-dealkylation sites (N-methyl/N-ethyl adjacent to an activating group) is 1. The molecule has 0 bridgehead atoms. The summed E-state index contributed by atoms with van der Waals surface area (Å²) in [5, 5.41) is 7.72. The molecule has 0 spiro atoms. The van der Waals surface area contributed by atoms with E-state index >= 15 is 0 Å². The summed E-state index contributed by atoms with van der Waals surface area (Å²) < 4.78 is 0. The minimum absolute atomic E-state index is 0.104. The van der Waals surface area contributed by atoms with Crippen LogP contribution in [-0.4, -0.2) is 36.0 Å². The molecule has 0 fully saturated rings. The van der Waals surface area contributed by atoms with Gasteiger partial charge in [-0.2, -0.15) is 0 Å². The van der Waals surface area contributed by atoms with Gasteiger partial charge in [0.15, 0.2) is 0 Å². The van der Waals surface area contributed by atoms with Crippen LogP contribution in [0.2, 0.25) is 0 Å². The quantitative estimate of drug-likeness (QED) is 0.941. The zero-order valence-corrected chi connectivity index (χ0v) is 13.8. The molecule has 0 atom stereocenters. The number of aliphatic carboxylic acids is 1. The van der Waals surface area contributed by atoms with Gasteiger partial charge in [0, 0.05) is 20.5 Å². The minimum Gasteiger partial charge on any atom is -0.481 e. The molecule has 2 aromatic carbocycles. The summed E-state index contributed by atoms with van der Waals surface area (Å²) in [7, 11) is 3.59. The van der Waals surface area contributed by atoms with Gasteiger partial charge < -0.3 is 10.0 Å². The molecule has 0 saturated heterocycles. The zero-order valence-electron chi connectivity index (χ0n) is 13.8. The summed E-state index contributed by atoms with van der Waals surface area (Å²) in [5.41, 5.74) is 2.06. The highest BCUT2D eigenvalue weighted by atomic mass is 16.4. The normalized spacial score (nSPS) is 9.74. The zero-order chi connectivity index (χ0) is 17.2. The standard InChI is InChI=1S/C16H17NO.C3H6O2/c1-17(2)16(18)15(13-9-5-3-6-10-13)14-11-7-4-8-12-14;1-2-3(4)5/h3-12,15H,1-2H3;2H2,1H3,(H,4,5). The van der Waals surface area contributed by atoms with Crippen molar-refractivity contribution in [2.75, 3.05) is 14.1 Å². The summed E-state index contributed by atoms with van der Waals surface area (Å²) in [4.78, 5) is 23.4. The first-order valence-electron chi connectivity index (χ1n) is 7.50. The Morgan fingerprint density at radius 2 is 1.26 bits per heavy atom. The topological polar surface area (TPSA) is 57.6 Å². The average molecular weight is 313 g/mol. The number of hydrogen-bond donors (Lipinski definition) is 1. The van der Waals surface area contributed by atoms with E-state index in [-0.39, 0.29) is 18.2 Å². The Hall–Kier alpha value is -2.62. The third-order valence-electron chi connectivity index (χ3n) is 3.26. The molecule has 4 heteroatoms. The average Bonchev–Trinajstić information content (AvgIpc) is 2.57. The molecule has 1 N–H and O–H groups in total. The fraction of sp³-hybridized carbons (Fsp3) is 0.263. The summed E-state index contributed by atoms with van der Waals surface area (Å²) in [6, 6.07) is 19.8. The second-order valence-corrected chi connectivity index (χ2v) is 5.23. The van der Waals surface area contributed by atoms with Gasteiger partial charge in [-0.25, -0.2) is 0 Å². The molecule has 0 saturated carbocycles. The van der Waals surface area contributed by atoms with E-state index in [2.05, 4.69) is 0 Å². The molecule has 1 amide bonds. The molecule has 4 nitrogen and oxygen atoms in total. The van der Waals surface area contributed by atoms with E-state index in [1.807, 2.05) is 60.7 Å². The highest BCUT2D eigenvalue weighted by Gasteiger charge is 2.23. The molecule has 0 heterocycles. The Labute approximate surface area is 137 Å². The van der Waals surface area contributed by atoms with E-state index in [0.717, 1.165) is 11.1 Å². The summed E-state index contributed by atoms with van der Waals surface area (Å²) in [6.07, 6.45) is 0.222. The lowest BCUT2D eigenvalue weighted by molar-refractivity contribution is -0.136. The lowest BCUT2D eigenvalue weighted by atomic mass is 9.90. The second-order valence-electron chi connectivity index (χ2n) is 5.23. The number of amides is 1. The van der Waals surface area contributed by atoms with Gasteiger partial charge in [-0.05, 0) is 11.1 Å². The monoisotopic (exact) mass is 313 g/mol. The predicted octanol–water partition coefficient (Wildman–Crippen LogP) is 3.39. The van der Waals surface area contributed by atoms with Crippen LogP contribution in [0.15, 0.2) is 60.7 Å². The Kier molecular flexibility index (Phi) is 7.54. The minimum atomic E-state index is -0.745. The maximum Gasteiger partial charge on any atom is 0.303 e. The Morgan fingerprint density at radius 3 is 1.52 bits per heavy atom. The van der Waals surface area contributed by atoms with Gasteiger partial charge in [0.05, 0.1) is 5.92 Å². The first-order valence-corrected chi connectivity index (χ1v) is 7.50. The van der Waals surface area contributed by atoms with Crippen molar-refractivity contribution in [3.05, 3.63) is 71.8 Å². The lowest BCUT2D eigenvalue weighted by Crippen LogP contribution is -2.28. The molecule has 23 heavy (non-hydrogen) atoms. The van der Waals surface area contributed by atoms with E-state index in [1.54, 1.807) is 25.9 Å². The third kappa shape index (κ3) is 5.94. The van der Waals surface area contributed by atoms with Crippen LogP contribution in [0.4, 0.5) is 0 Å². The van der Waals surface area contributed by atoms with Crippen LogP contribution in [-0.2, 0) is 9.59 Å². The summed E-state index contributed by atoms with van der Waals surface area (Å²) >= 11 is 0. The van der Waals surface area contributed by atoms with Gasteiger partial charge in [-0.15, -0.1) is 0 Å². The van der Waals surface area contributed by atoms with Gasteiger partial charge in [0.2, 0.25) is 5.91 Å². The van der Waals surface area contributed by atoms with E-state index in [9.17, 15) is 9.59 Å². The molecular formula is C19H23NO3. The van der Waals surface area contributed by atoms with Crippen molar-refractivity contribution in [1.82, 2.24) is 4.90 Å². The molecule has 0 radical (unpaired) electrons. The summed E-state index contributed by atoms with van der Waals surface area (Å²) in [5.74, 6) is -0.861. The number of carbonyl (C=O) groups is 2. The molecule has 0 aliphatic carbocycles. The van der Waals surface area contributed by atoms with Crippen LogP contribution in [0.3, 0.4) is 0 Å². The van der Waals surface area contributed by atoms with Crippen LogP contribution in [0, 0.1) is 0 Å². The van der Waals surface area contributed by atoms with Crippen molar-refractivity contribution in [2.24, 2.45) is 0 Å². The molecule has 0 aliphatic heterocycles. The number of carboxylic acid groups (broad SMARTS) is 1. The smallest absolute Gasteiger partial charge is 0.303 e. The first kappa shape index (κ1) is 18.4. The fourth-order valence-electron chi connectivity index (χ4n) is 2.03. The number of rotatable bonds is 4. The number of hydrogen-bond acceptors (Lipinski definition) is 2. The molecule has 0 aliphatic rings. The van der Waals surface area contributed by atoms with Crippen molar-refractivity contribution < 1.29 is 14.7 Å². The maximum absolute atomic E-state index is 12.4. The van der Waals surface area contributed by atoms with E-state index in [1.165, 1.54) is 0 Å². The van der Waals surface area contributed by atoms with Crippen molar-refractivity contribution in [2.45, 2.75) is 19.3 Å². The molecule has 122 valence electrons. The van der Waals surface area contributed by atoms with Crippen LogP contribution < -0.4 is 0 Å². The van der Waals surface area contributed by atoms with Gasteiger partial charge in [-0.3, -0.25) is 9.59 Å². The molecule has 0 unspecified atom stereocenters. The summed E-state index contributed by atoms with van der Waals surface area (Å²) in [6.45, 7) is 1.60. The van der Waals surface area contributed by atoms with Crippen LogP contribution in [0.25, 0.3) is 0 Å². The van der Waals surface area contributed by atoms with Crippen molar-refractivity contribution in [3.8, 4) is 0 Å². The number of carbonyl (C=O) groups excluding carboxylic acids is 1. The van der Waals surface area contributed by atoms with E-state index in [4.69, 9.17) is 5.11 Å². The predicted molar refractivity (Wildman–Crippen MR) is 91.3 cm³/mol. The number of carboxylic acids is 1. The van der Waals surface area contributed by atoms with Crippen LogP contribution in [0.5, 0.6) is 0 Å². The van der Waals surface area contributed by atoms with E-state index in [0.29, 0.717) is 0 Å². The lowest BCUT2D eigenvalue weighted by Gasteiger charge is -2.21. The van der Waals surface area contributed by atoms with Crippen LogP contribution in [0.1, 0.15) is 30.4 Å². The molecule has 0 aromatic heterocycles. The molecular weight excluding hydrogens is 290 g/mol. The van der Waals surface area contributed by atoms with Crippen molar-refractivity contribution in [1.29, 1.82) is 0 Å². The number of nitrogens with zero attached hydrogens (tertiary/aromatic N) is 1. The first-order chi connectivity index (χ1) is 11.0. The maximum atomic E-state index is 12.4. The molecule has 2 aromatic rings. The largest absolute Gasteiger partial charge is 0.481 e. The Bertz CT molecular complexity index is 570. The second kappa shape index (κ2) is 9.41. The SMILES string of the molecule is CCC(=O)O.CN(C)C(=O)C(c1ccccc1)c1ccccc1. The van der Waals surface area contributed by atoms with Crippen LogP contribution >= 0.6 is 0 Å². The Balaban J connectivity index is 0.000000463. The van der Waals surface area contributed by atoms with Crippen molar-refractivity contribution >= 4 is 11.9 Å². The van der Waals surface area contributed by atoms with Gasteiger partial charge in [-0.1, -0.05) is 67.6 Å². The highest BCUT2D eigenvalue weighted by molar-refractivity contribution is 5.86. The van der Waals surface area contributed by atoms with Gasteiger partial charge >= 0.3 is 5.97 Å². The third-order valence-corrected chi connectivity index (χ3v) is 3.26.